The van der Waals surface area contributed by atoms with Crippen molar-refractivity contribution in [2.24, 2.45) is 5.92 Å². The monoisotopic (exact) mass is 398 g/mol. The molecule has 1 unspecified atom stereocenters. The van der Waals surface area contributed by atoms with Crippen LogP contribution < -0.4 is 19.1 Å². The van der Waals surface area contributed by atoms with Gasteiger partial charge >= 0.3 is 0 Å². The second kappa shape index (κ2) is 8.86. The molecular weight excluding hydrogens is 372 g/mol. The summed E-state index contributed by atoms with van der Waals surface area (Å²) >= 11 is 0. The van der Waals surface area contributed by atoms with Gasteiger partial charge in [-0.05, 0) is 29.8 Å². The number of carbonyl (C=O) groups is 2. The second-order valence-electron chi connectivity index (χ2n) is 6.99. The van der Waals surface area contributed by atoms with E-state index in [0.29, 0.717) is 30.3 Å². The summed E-state index contributed by atoms with van der Waals surface area (Å²) in [7, 11) is 6.48. The van der Waals surface area contributed by atoms with Crippen LogP contribution in [-0.4, -0.2) is 51.6 Å². The van der Waals surface area contributed by atoms with E-state index < -0.39 is 5.92 Å². The third-order valence-electron chi connectivity index (χ3n) is 5.08. The van der Waals surface area contributed by atoms with Gasteiger partial charge in [0.05, 0.1) is 32.9 Å². The number of hydrogen-bond donors (Lipinski definition) is 0. The summed E-state index contributed by atoms with van der Waals surface area (Å²) in [5, 5.41) is 0. The maximum atomic E-state index is 13.0. The van der Waals surface area contributed by atoms with Crippen molar-refractivity contribution in [3.63, 3.8) is 0 Å². The van der Waals surface area contributed by atoms with Gasteiger partial charge in [0.2, 0.25) is 11.8 Å². The number of carbonyl (C=O) groups excluding carboxylic acids is 2. The Balaban J connectivity index is 1.73. The van der Waals surface area contributed by atoms with E-state index in [9.17, 15) is 9.59 Å². The highest BCUT2D eigenvalue weighted by Gasteiger charge is 2.37. The Hall–Kier alpha value is -3.22. The molecule has 1 heterocycles. The number of rotatable bonds is 7. The van der Waals surface area contributed by atoms with Gasteiger partial charge in [-0.15, -0.1) is 0 Å². The standard InChI is InChI=1S/C22H26N2O5/c1-23(13-15-6-5-7-17(10-15)27-2)22(26)16-11-21(25)24(14-16)19-12-18(28-3)8-9-20(19)29-4/h5-10,12,16H,11,13-14H2,1-4H3. The number of methoxy groups -OCH3 is 3. The maximum absolute atomic E-state index is 13.0. The molecule has 1 aliphatic heterocycles. The van der Waals surface area contributed by atoms with Crippen LogP contribution in [0.2, 0.25) is 0 Å². The highest BCUT2D eigenvalue weighted by molar-refractivity contribution is 6.01. The highest BCUT2D eigenvalue weighted by Crippen LogP contribution is 2.36. The van der Waals surface area contributed by atoms with Crippen LogP contribution in [0.1, 0.15) is 12.0 Å². The van der Waals surface area contributed by atoms with Crippen molar-refractivity contribution in [2.75, 3.05) is 39.8 Å². The first-order chi connectivity index (χ1) is 14.0. The summed E-state index contributed by atoms with van der Waals surface area (Å²) in [6, 6.07) is 12.9. The Morgan fingerprint density at radius 2 is 1.79 bits per heavy atom. The number of ether oxygens (including phenoxy) is 3. The molecule has 0 N–H and O–H groups in total. The summed E-state index contributed by atoms with van der Waals surface area (Å²) < 4.78 is 15.9. The van der Waals surface area contributed by atoms with E-state index in [2.05, 4.69) is 0 Å². The van der Waals surface area contributed by atoms with Crippen molar-refractivity contribution in [2.45, 2.75) is 13.0 Å². The second-order valence-corrected chi connectivity index (χ2v) is 6.99. The van der Waals surface area contributed by atoms with Crippen LogP contribution in [0, 0.1) is 5.92 Å². The lowest BCUT2D eigenvalue weighted by atomic mass is 10.1. The van der Waals surface area contributed by atoms with Gasteiger partial charge in [-0.1, -0.05) is 12.1 Å². The quantitative estimate of drug-likeness (QED) is 0.717. The van der Waals surface area contributed by atoms with Gasteiger partial charge in [-0.3, -0.25) is 9.59 Å². The van der Waals surface area contributed by atoms with Crippen LogP contribution in [0.3, 0.4) is 0 Å². The van der Waals surface area contributed by atoms with Crippen molar-refractivity contribution < 1.29 is 23.8 Å². The molecule has 0 aliphatic carbocycles. The first-order valence-corrected chi connectivity index (χ1v) is 9.37. The molecule has 7 heteroatoms. The van der Waals surface area contributed by atoms with Crippen LogP contribution >= 0.6 is 0 Å². The van der Waals surface area contributed by atoms with Gasteiger partial charge in [-0.25, -0.2) is 0 Å². The zero-order valence-electron chi connectivity index (χ0n) is 17.2. The van der Waals surface area contributed by atoms with E-state index in [0.717, 1.165) is 11.3 Å². The third kappa shape index (κ3) is 4.45. The molecule has 0 aromatic heterocycles. The number of benzene rings is 2. The van der Waals surface area contributed by atoms with Gasteiger partial charge in [0.1, 0.15) is 17.2 Å². The summed E-state index contributed by atoms with van der Waals surface area (Å²) in [5.41, 5.74) is 1.58. The molecule has 1 atom stereocenters. The van der Waals surface area contributed by atoms with E-state index in [-0.39, 0.29) is 18.2 Å². The van der Waals surface area contributed by atoms with E-state index in [4.69, 9.17) is 14.2 Å². The largest absolute Gasteiger partial charge is 0.497 e. The Morgan fingerprint density at radius 3 is 2.48 bits per heavy atom. The normalized spacial score (nSPS) is 15.9. The lowest BCUT2D eigenvalue weighted by molar-refractivity contribution is -0.135. The first kappa shape index (κ1) is 20.5. The molecule has 0 saturated carbocycles. The summed E-state index contributed by atoms with van der Waals surface area (Å²) in [4.78, 5) is 28.9. The van der Waals surface area contributed by atoms with E-state index >= 15 is 0 Å². The Kier molecular flexibility index (Phi) is 6.26. The average Bonchev–Trinajstić information content (AvgIpc) is 3.14. The molecule has 2 aromatic carbocycles. The minimum absolute atomic E-state index is 0.0643. The number of anilines is 1. The van der Waals surface area contributed by atoms with Crippen LogP contribution in [0.5, 0.6) is 17.2 Å². The Bertz CT molecular complexity index is 899. The van der Waals surface area contributed by atoms with E-state index in [1.807, 2.05) is 24.3 Å². The van der Waals surface area contributed by atoms with Crippen molar-refractivity contribution >= 4 is 17.5 Å². The van der Waals surface area contributed by atoms with Crippen LogP contribution in [-0.2, 0) is 16.1 Å². The number of nitrogens with zero attached hydrogens (tertiary/aromatic N) is 2. The molecule has 1 saturated heterocycles. The van der Waals surface area contributed by atoms with Gasteiger partial charge < -0.3 is 24.0 Å². The molecule has 1 aliphatic rings. The molecule has 3 rings (SSSR count). The zero-order valence-corrected chi connectivity index (χ0v) is 17.2. The van der Waals surface area contributed by atoms with Crippen molar-refractivity contribution in [3.05, 3.63) is 48.0 Å². The van der Waals surface area contributed by atoms with Gasteiger partial charge in [0, 0.05) is 32.6 Å². The highest BCUT2D eigenvalue weighted by atomic mass is 16.5. The van der Waals surface area contributed by atoms with E-state index in [1.165, 1.54) is 0 Å². The summed E-state index contributed by atoms with van der Waals surface area (Å²) in [6.07, 6.45) is 0.168. The molecule has 1 fully saturated rings. The van der Waals surface area contributed by atoms with Gasteiger partial charge in [0.15, 0.2) is 0 Å². The fraction of sp³-hybridized carbons (Fsp3) is 0.364. The number of amides is 2. The molecule has 2 aromatic rings. The predicted molar refractivity (Wildman–Crippen MR) is 109 cm³/mol. The maximum Gasteiger partial charge on any atom is 0.228 e. The predicted octanol–water partition coefficient (Wildman–Crippen LogP) is 2.72. The fourth-order valence-electron chi connectivity index (χ4n) is 3.55. The SMILES string of the molecule is COc1cccc(CN(C)C(=O)C2CC(=O)N(c3cc(OC)ccc3OC)C2)c1. The third-order valence-corrected chi connectivity index (χ3v) is 5.08. The Labute approximate surface area is 170 Å². The van der Waals surface area contributed by atoms with Crippen LogP contribution in [0.25, 0.3) is 0 Å². The smallest absolute Gasteiger partial charge is 0.228 e. The van der Waals surface area contributed by atoms with Crippen LogP contribution in [0.4, 0.5) is 5.69 Å². The minimum atomic E-state index is -0.408. The zero-order chi connectivity index (χ0) is 21.0. The topological polar surface area (TPSA) is 68.3 Å². The molecule has 154 valence electrons. The van der Waals surface area contributed by atoms with Crippen molar-refractivity contribution in [1.29, 1.82) is 0 Å². The van der Waals surface area contributed by atoms with E-state index in [1.54, 1.807) is 56.4 Å². The van der Waals surface area contributed by atoms with Gasteiger partial charge in [-0.2, -0.15) is 0 Å². The van der Waals surface area contributed by atoms with Crippen molar-refractivity contribution in [1.82, 2.24) is 4.90 Å². The van der Waals surface area contributed by atoms with Crippen molar-refractivity contribution in [3.8, 4) is 17.2 Å². The molecule has 29 heavy (non-hydrogen) atoms. The molecule has 7 nitrogen and oxygen atoms in total. The minimum Gasteiger partial charge on any atom is -0.497 e. The summed E-state index contributed by atoms with van der Waals surface area (Å²) in [5.74, 6) is 1.36. The molecular formula is C22H26N2O5. The lowest BCUT2D eigenvalue weighted by Gasteiger charge is -2.23. The number of hydrogen-bond acceptors (Lipinski definition) is 5. The summed E-state index contributed by atoms with van der Waals surface area (Å²) in [6.45, 7) is 0.757. The van der Waals surface area contributed by atoms with Gasteiger partial charge in [0.25, 0.3) is 0 Å². The fourth-order valence-corrected chi connectivity index (χ4v) is 3.55. The lowest BCUT2D eigenvalue weighted by Crippen LogP contribution is -2.34. The molecule has 0 spiro atoms. The van der Waals surface area contributed by atoms with Crippen LogP contribution in [0.15, 0.2) is 42.5 Å². The Morgan fingerprint density at radius 1 is 1.07 bits per heavy atom. The molecule has 2 amide bonds. The first-order valence-electron chi connectivity index (χ1n) is 9.37. The average molecular weight is 398 g/mol. The molecule has 0 bridgehead atoms. The molecule has 0 radical (unpaired) electrons.